The van der Waals surface area contributed by atoms with Crippen LogP contribution in [0, 0.1) is 12.3 Å². The number of likely N-dealkylation sites (tertiary alicyclic amines) is 1. The van der Waals surface area contributed by atoms with E-state index < -0.39 is 0 Å². The molecule has 5 rings (SSSR count). The Kier molecular flexibility index (Phi) is 4.43. The third kappa shape index (κ3) is 3.67. The number of fused-ring (bicyclic) bond motifs is 1. The SMILES string of the molecule is C=C(CN1CCC2(CC1)CC2)Nc1cc2cc(-c3cnc(C)n3C)ccc2cn1. The van der Waals surface area contributed by atoms with Gasteiger partial charge in [0.2, 0.25) is 0 Å². The molecule has 0 amide bonds. The van der Waals surface area contributed by atoms with Gasteiger partial charge in [0, 0.05) is 36.4 Å². The maximum absolute atomic E-state index is 4.59. The molecule has 2 aliphatic rings. The van der Waals surface area contributed by atoms with E-state index in [1.807, 2.05) is 19.3 Å². The van der Waals surface area contributed by atoms with Crippen molar-refractivity contribution in [1.29, 1.82) is 0 Å². The van der Waals surface area contributed by atoms with E-state index in [0.717, 1.165) is 40.4 Å². The van der Waals surface area contributed by atoms with Crippen LogP contribution in [0.5, 0.6) is 0 Å². The summed E-state index contributed by atoms with van der Waals surface area (Å²) in [7, 11) is 2.05. The third-order valence-corrected chi connectivity index (χ3v) is 6.83. The van der Waals surface area contributed by atoms with Crippen molar-refractivity contribution in [2.24, 2.45) is 12.5 Å². The smallest absolute Gasteiger partial charge is 0.130 e. The van der Waals surface area contributed by atoms with Crippen LogP contribution >= 0.6 is 0 Å². The predicted octanol–water partition coefficient (Wildman–Crippen LogP) is 4.75. The number of nitrogens with one attached hydrogen (secondary N) is 1. The lowest BCUT2D eigenvalue weighted by Crippen LogP contribution is -2.36. The van der Waals surface area contributed by atoms with E-state index >= 15 is 0 Å². The van der Waals surface area contributed by atoms with Gasteiger partial charge < -0.3 is 9.88 Å². The van der Waals surface area contributed by atoms with Gasteiger partial charge in [0.1, 0.15) is 11.6 Å². The van der Waals surface area contributed by atoms with Gasteiger partial charge in [-0.25, -0.2) is 9.97 Å². The first-order valence-electron chi connectivity index (χ1n) is 10.6. The van der Waals surface area contributed by atoms with E-state index in [-0.39, 0.29) is 0 Å². The van der Waals surface area contributed by atoms with Gasteiger partial charge in [-0.05, 0) is 68.6 Å². The summed E-state index contributed by atoms with van der Waals surface area (Å²) in [6, 6.07) is 8.58. The molecule has 1 aromatic carbocycles. The molecule has 2 fully saturated rings. The summed E-state index contributed by atoms with van der Waals surface area (Å²) in [5.41, 5.74) is 4.02. The molecular weight excluding hydrogens is 358 g/mol. The average Bonchev–Trinajstić information content (AvgIpc) is 3.40. The summed E-state index contributed by atoms with van der Waals surface area (Å²) in [6.45, 7) is 9.55. The van der Waals surface area contributed by atoms with E-state index in [0.29, 0.717) is 0 Å². The van der Waals surface area contributed by atoms with E-state index in [1.165, 1.54) is 49.7 Å². The number of benzene rings is 1. The molecule has 150 valence electrons. The van der Waals surface area contributed by atoms with Crippen molar-refractivity contribution in [3.63, 3.8) is 0 Å². The lowest BCUT2D eigenvalue weighted by molar-refractivity contribution is 0.185. The minimum absolute atomic E-state index is 0.718. The number of aryl methyl sites for hydroxylation is 1. The van der Waals surface area contributed by atoms with Crippen LogP contribution < -0.4 is 5.32 Å². The Hall–Kier alpha value is -2.66. The summed E-state index contributed by atoms with van der Waals surface area (Å²) >= 11 is 0. The van der Waals surface area contributed by atoms with Crippen LogP contribution in [0.3, 0.4) is 0 Å². The van der Waals surface area contributed by atoms with Crippen LogP contribution in [0.25, 0.3) is 22.0 Å². The molecule has 3 aromatic rings. The van der Waals surface area contributed by atoms with Gasteiger partial charge in [-0.15, -0.1) is 0 Å². The Morgan fingerprint density at radius 1 is 1.07 bits per heavy atom. The summed E-state index contributed by atoms with van der Waals surface area (Å²) < 4.78 is 2.12. The number of nitrogens with zero attached hydrogens (tertiary/aromatic N) is 4. The number of hydrogen-bond donors (Lipinski definition) is 1. The van der Waals surface area contributed by atoms with E-state index in [2.05, 4.69) is 62.6 Å². The highest BCUT2D eigenvalue weighted by molar-refractivity contribution is 5.88. The van der Waals surface area contributed by atoms with Crippen molar-refractivity contribution in [3.8, 4) is 11.3 Å². The maximum atomic E-state index is 4.59. The summed E-state index contributed by atoms with van der Waals surface area (Å²) in [5.74, 6) is 1.87. The van der Waals surface area contributed by atoms with Crippen molar-refractivity contribution in [1.82, 2.24) is 19.4 Å². The molecular formula is C24H29N5. The zero-order valence-electron chi connectivity index (χ0n) is 17.4. The van der Waals surface area contributed by atoms with Crippen molar-refractivity contribution >= 4 is 16.6 Å². The molecule has 1 aliphatic carbocycles. The maximum Gasteiger partial charge on any atom is 0.130 e. The average molecular weight is 388 g/mol. The predicted molar refractivity (Wildman–Crippen MR) is 119 cm³/mol. The van der Waals surface area contributed by atoms with Gasteiger partial charge in [-0.3, -0.25) is 4.90 Å². The molecule has 0 bridgehead atoms. The summed E-state index contributed by atoms with van der Waals surface area (Å²) in [5, 5.41) is 5.73. The molecule has 1 N–H and O–H groups in total. The monoisotopic (exact) mass is 387 g/mol. The quantitative estimate of drug-likeness (QED) is 0.686. The second-order valence-electron chi connectivity index (χ2n) is 8.89. The largest absolute Gasteiger partial charge is 0.343 e. The number of anilines is 1. The standard InChI is InChI=1S/C24H29N5/c1-17(16-29-10-8-24(6-7-24)9-11-29)27-23-13-21-12-19(4-5-20(21)14-26-23)22-15-25-18(2)28(22)3/h4-5,12-15H,1,6-11,16H2,2-3H3,(H,26,27). The second-order valence-corrected chi connectivity index (χ2v) is 8.89. The van der Waals surface area contributed by atoms with Gasteiger partial charge >= 0.3 is 0 Å². The van der Waals surface area contributed by atoms with Crippen LogP contribution in [0.4, 0.5) is 5.82 Å². The third-order valence-electron chi connectivity index (χ3n) is 6.83. The molecule has 3 heterocycles. The van der Waals surface area contributed by atoms with Crippen LogP contribution in [0.1, 0.15) is 31.5 Å². The fraction of sp³-hybridized carbons (Fsp3) is 0.417. The van der Waals surface area contributed by atoms with Crippen molar-refractivity contribution in [2.75, 3.05) is 25.0 Å². The summed E-state index contributed by atoms with van der Waals surface area (Å²) in [6.07, 6.45) is 9.46. The van der Waals surface area contributed by atoms with Gasteiger partial charge in [-0.2, -0.15) is 0 Å². The van der Waals surface area contributed by atoms with Crippen molar-refractivity contribution in [2.45, 2.75) is 32.6 Å². The minimum atomic E-state index is 0.718. The first-order valence-corrected chi connectivity index (χ1v) is 10.6. The molecule has 0 unspecified atom stereocenters. The lowest BCUT2D eigenvalue weighted by Gasteiger charge is -2.32. The fourth-order valence-corrected chi connectivity index (χ4v) is 4.49. The summed E-state index contributed by atoms with van der Waals surface area (Å²) in [4.78, 5) is 11.5. The molecule has 2 aromatic heterocycles. The zero-order valence-corrected chi connectivity index (χ0v) is 17.4. The topological polar surface area (TPSA) is 46.0 Å². The first-order chi connectivity index (χ1) is 14.0. The van der Waals surface area contributed by atoms with Gasteiger partial charge in [-0.1, -0.05) is 18.7 Å². The van der Waals surface area contributed by atoms with Crippen LogP contribution in [-0.2, 0) is 7.05 Å². The molecule has 5 heteroatoms. The second kappa shape index (κ2) is 6.99. The van der Waals surface area contributed by atoms with Gasteiger partial charge in [0.25, 0.3) is 0 Å². The van der Waals surface area contributed by atoms with E-state index in [4.69, 9.17) is 0 Å². The molecule has 1 saturated heterocycles. The Bertz CT molecular complexity index is 1070. The molecule has 1 aliphatic heterocycles. The number of hydrogen-bond acceptors (Lipinski definition) is 4. The number of rotatable bonds is 5. The lowest BCUT2D eigenvalue weighted by atomic mass is 9.94. The van der Waals surface area contributed by atoms with Crippen LogP contribution in [0.15, 0.2) is 48.9 Å². The highest BCUT2D eigenvalue weighted by Gasteiger charge is 2.44. The zero-order chi connectivity index (χ0) is 20.0. The molecule has 5 nitrogen and oxygen atoms in total. The van der Waals surface area contributed by atoms with Crippen molar-refractivity contribution < 1.29 is 0 Å². The molecule has 0 radical (unpaired) electrons. The minimum Gasteiger partial charge on any atom is -0.343 e. The number of aromatic nitrogens is 3. The molecule has 0 atom stereocenters. The molecule has 29 heavy (non-hydrogen) atoms. The number of piperidine rings is 1. The van der Waals surface area contributed by atoms with E-state index in [1.54, 1.807) is 0 Å². The van der Waals surface area contributed by atoms with Crippen molar-refractivity contribution in [3.05, 3.63) is 54.8 Å². The number of pyridine rings is 1. The Labute approximate surface area is 172 Å². The Morgan fingerprint density at radius 2 is 1.86 bits per heavy atom. The van der Waals surface area contributed by atoms with Crippen LogP contribution in [0.2, 0.25) is 0 Å². The fourth-order valence-electron chi connectivity index (χ4n) is 4.49. The first kappa shape index (κ1) is 18.4. The van der Waals surface area contributed by atoms with Gasteiger partial charge in [0.15, 0.2) is 0 Å². The van der Waals surface area contributed by atoms with Crippen LogP contribution in [-0.4, -0.2) is 39.1 Å². The molecule has 1 saturated carbocycles. The normalized spacial score (nSPS) is 18.3. The highest BCUT2D eigenvalue weighted by Crippen LogP contribution is 2.53. The van der Waals surface area contributed by atoms with E-state index in [9.17, 15) is 0 Å². The van der Waals surface area contributed by atoms with Gasteiger partial charge in [0.05, 0.1) is 11.9 Å². The number of imidazole rings is 1. The Morgan fingerprint density at radius 3 is 2.55 bits per heavy atom. The molecule has 1 spiro atoms. The highest BCUT2D eigenvalue weighted by atomic mass is 15.2. The Balaban J connectivity index is 1.29.